The number of carbonyl (C=O) groups is 2. The smallest absolute Gasteiger partial charge is 0.322 e. The second kappa shape index (κ2) is 5.69. The van der Waals surface area contributed by atoms with Gasteiger partial charge in [-0.3, -0.25) is 14.5 Å². The summed E-state index contributed by atoms with van der Waals surface area (Å²) in [5, 5.41) is 11.9. The van der Waals surface area contributed by atoms with Crippen molar-refractivity contribution in [1.82, 2.24) is 10.2 Å². The minimum absolute atomic E-state index is 0.0508. The van der Waals surface area contributed by atoms with Crippen LogP contribution >= 0.6 is 0 Å². The standard InChI is InChI=1S/C13H22N2O3/c1-2-9-3-5-10(6-4-9)15-8-12(16)14-7-11(15)13(17)18/h9-11H,2-8H2,1H3,(H,14,16)(H,17,18). The summed E-state index contributed by atoms with van der Waals surface area (Å²) >= 11 is 0. The van der Waals surface area contributed by atoms with Gasteiger partial charge < -0.3 is 10.4 Å². The van der Waals surface area contributed by atoms with Gasteiger partial charge in [-0.2, -0.15) is 0 Å². The molecule has 2 rings (SSSR count). The van der Waals surface area contributed by atoms with Crippen LogP contribution in [-0.4, -0.2) is 47.1 Å². The van der Waals surface area contributed by atoms with Crippen molar-refractivity contribution < 1.29 is 14.7 Å². The lowest BCUT2D eigenvalue weighted by atomic mass is 9.83. The predicted molar refractivity (Wildman–Crippen MR) is 67.2 cm³/mol. The maximum atomic E-state index is 11.5. The van der Waals surface area contributed by atoms with Crippen LogP contribution in [-0.2, 0) is 9.59 Å². The number of hydrogen-bond acceptors (Lipinski definition) is 3. The maximum Gasteiger partial charge on any atom is 0.322 e. The van der Waals surface area contributed by atoms with E-state index in [9.17, 15) is 14.7 Å². The molecule has 102 valence electrons. The highest BCUT2D eigenvalue weighted by molar-refractivity contribution is 5.83. The first-order valence-electron chi connectivity index (χ1n) is 6.87. The van der Waals surface area contributed by atoms with Crippen molar-refractivity contribution in [2.45, 2.75) is 51.1 Å². The summed E-state index contributed by atoms with van der Waals surface area (Å²) in [5.41, 5.74) is 0. The van der Waals surface area contributed by atoms with E-state index in [1.54, 1.807) is 0 Å². The Hall–Kier alpha value is -1.10. The molecule has 0 aromatic heterocycles. The topological polar surface area (TPSA) is 69.6 Å². The first-order chi connectivity index (χ1) is 8.61. The molecule has 1 heterocycles. The first-order valence-corrected chi connectivity index (χ1v) is 6.87. The molecule has 1 amide bonds. The lowest BCUT2D eigenvalue weighted by Crippen LogP contribution is -2.60. The van der Waals surface area contributed by atoms with Crippen LogP contribution in [0.5, 0.6) is 0 Å². The van der Waals surface area contributed by atoms with Crippen LogP contribution < -0.4 is 5.32 Å². The van der Waals surface area contributed by atoms with Crippen molar-refractivity contribution in [2.75, 3.05) is 13.1 Å². The summed E-state index contributed by atoms with van der Waals surface area (Å²) in [6.07, 6.45) is 5.57. The van der Waals surface area contributed by atoms with Crippen molar-refractivity contribution in [1.29, 1.82) is 0 Å². The lowest BCUT2D eigenvalue weighted by molar-refractivity contribution is -0.148. The van der Waals surface area contributed by atoms with E-state index in [1.165, 1.54) is 6.42 Å². The fourth-order valence-corrected chi connectivity index (χ4v) is 3.16. The summed E-state index contributed by atoms with van der Waals surface area (Å²) in [4.78, 5) is 24.6. The average Bonchev–Trinajstić information content (AvgIpc) is 2.38. The number of carbonyl (C=O) groups excluding carboxylic acids is 1. The molecule has 1 aliphatic heterocycles. The maximum absolute atomic E-state index is 11.5. The van der Waals surface area contributed by atoms with E-state index in [-0.39, 0.29) is 25.0 Å². The third-order valence-electron chi connectivity index (χ3n) is 4.37. The zero-order valence-electron chi connectivity index (χ0n) is 10.9. The Labute approximate surface area is 108 Å². The molecule has 1 atom stereocenters. The fraction of sp³-hybridized carbons (Fsp3) is 0.846. The second-order valence-corrected chi connectivity index (χ2v) is 5.41. The molecule has 1 aliphatic carbocycles. The van der Waals surface area contributed by atoms with Gasteiger partial charge in [0.2, 0.25) is 5.91 Å². The molecule has 5 nitrogen and oxygen atoms in total. The van der Waals surface area contributed by atoms with Crippen LogP contribution in [0.2, 0.25) is 0 Å². The Morgan fingerprint density at radius 1 is 1.39 bits per heavy atom. The van der Waals surface area contributed by atoms with E-state index in [4.69, 9.17) is 0 Å². The number of amides is 1. The molecule has 1 unspecified atom stereocenters. The number of nitrogens with one attached hydrogen (secondary N) is 1. The van der Waals surface area contributed by atoms with E-state index >= 15 is 0 Å². The lowest BCUT2D eigenvalue weighted by Gasteiger charge is -2.41. The van der Waals surface area contributed by atoms with Gasteiger partial charge in [-0.25, -0.2) is 0 Å². The average molecular weight is 254 g/mol. The molecule has 0 radical (unpaired) electrons. The third-order valence-corrected chi connectivity index (χ3v) is 4.37. The molecule has 0 aromatic carbocycles. The van der Waals surface area contributed by atoms with Crippen molar-refractivity contribution >= 4 is 11.9 Å². The van der Waals surface area contributed by atoms with Crippen LogP contribution in [0.25, 0.3) is 0 Å². The molecule has 1 saturated carbocycles. The van der Waals surface area contributed by atoms with Crippen LogP contribution in [0.4, 0.5) is 0 Å². The molecule has 0 aromatic rings. The molecule has 2 aliphatic rings. The Kier molecular flexibility index (Phi) is 4.22. The molecular weight excluding hydrogens is 232 g/mol. The highest BCUT2D eigenvalue weighted by Gasteiger charge is 2.37. The summed E-state index contributed by atoms with van der Waals surface area (Å²) in [6.45, 7) is 2.68. The van der Waals surface area contributed by atoms with Crippen LogP contribution in [0, 0.1) is 5.92 Å². The number of carboxylic acids is 1. The number of piperazine rings is 1. The highest BCUT2D eigenvalue weighted by Crippen LogP contribution is 2.30. The van der Waals surface area contributed by atoms with Crippen LogP contribution in [0.3, 0.4) is 0 Å². The summed E-state index contributed by atoms with van der Waals surface area (Å²) < 4.78 is 0. The molecule has 0 bridgehead atoms. The number of carboxylic acid groups (broad SMARTS) is 1. The van der Waals surface area contributed by atoms with Gasteiger partial charge in [0.25, 0.3) is 0 Å². The number of rotatable bonds is 3. The largest absolute Gasteiger partial charge is 0.480 e. The van der Waals surface area contributed by atoms with Crippen molar-refractivity contribution in [3.8, 4) is 0 Å². The quantitative estimate of drug-likeness (QED) is 0.783. The molecule has 1 saturated heterocycles. The van der Waals surface area contributed by atoms with Crippen LogP contribution in [0.15, 0.2) is 0 Å². The van der Waals surface area contributed by atoms with Gasteiger partial charge in [0.15, 0.2) is 0 Å². The zero-order valence-corrected chi connectivity index (χ0v) is 10.9. The van der Waals surface area contributed by atoms with Crippen molar-refractivity contribution in [3.63, 3.8) is 0 Å². The van der Waals surface area contributed by atoms with E-state index in [0.717, 1.165) is 31.6 Å². The monoisotopic (exact) mass is 254 g/mol. The number of aliphatic carboxylic acids is 1. The Morgan fingerprint density at radius 3 is 2.61 bits per heavy atom. The van der Waals surface area contributed by atoms with Crippen LogP contribution in [0.1, 0.15) is 39.0 Å². The Bertz CT molecular complexity index is 324. The SMILES string of the molecule is CCC1CCC(N2CC(=O)NCC2C(=O)O)CC1. The summed E-state index contributed by atoms with van der Waals surface area (Å²) in [7, 11) is 0. The van der Waals surface area contributed by atoms with Crippen molar-refractivity contribution in [3.05, 3.63) is 0 Å². The predicted octanol–water partition coefficient (Wildman–Crippen LogP) is 0.840. The molecule has 18 heavy (non-hydrogen) atoms. The van der Waals surface area contributed by atoms with Crippen molar-refractivity contribution in [2.24, 2.45) is 5.92 Å². The molecule has 5 heteroatoms. The van der Waals surface area contributed by atoms with Gasteiger partial charge in [-0.1, -0.05) is 13.3 Å². The minimum atomic E-state index is -0.826. The Balaban J connectivity index is 2.00. The molecule has 2 fully saturated rings. The highest BCUT2D eigenvalue weighted by atomic mass is 16.4. The molecule has 0 spiro atoms. The van der Waals surface area contributed by atoms with Gasteiger partial charge in [-0.05, 0) is 31.6 Å². The number of nitrogens with zero attached hydrogens (tertiary/aromatic N) is 1. The van der Waals surface area contributed by atoms with Gasteiger partial charge in [-0.15, -0.1) is 0 Å². The van der Waals surface area contributed by atoms with Gasteiger partial charge in [0.05, 0.1) is 6.54 Å². The fourth-order valence-electron chi connectivity index (χ4n) is 3.16. The van der Waals surface area contributed by atoms with Gasteiger partial charge >= 0.3 is 5.97 Å². The summed E-state index contributed by atoms with van der Waals surface area (Å²) in [6, 6.07) is -0.286. The number of hydrogen-bond donors (Lipinski definition) is 2. The minimum Gasteiger partial charge on any atom is -0.480 e. The molecule has 2 N–H and O–H groups in total. The molecular formula is C13H22N2O3. The first kappa shape index (κ1) is 13.3. The van der Waals surface area contributed by atoms with E-state index in [0.29, 0.717) is 0 Å². The second-order valence-electron chi connectivity index (χ2n) is 5.41. The van der Waals surface area contributed by atoms with E-state index in [2.05, 4.69) is 12.2 Å². The van der Waals surface area contributed by atoms with E-state index < -0.39 is 12.0 Å². The Morgan fingerprint density at radius 2 is 2.06 bits per heavy atom. The van der Waals surface area contributed by atoms with E-state index in [1.807, 2.05) is 4.90 Å². The third kappa shape index (κ3) is 2.83. The summed E-state index contributed by atoms with van der Waals surface area (Å²) in [5.74, 6) is -0.0964. The normalized spacial score (nSPS) is 34.1. The van der Waals surface area contributed by atoms with Gasteiger partial charge in [0.1, 0.15) is 6.04 Å². The zero-order chi connectivity index (χ0) is 13.1. The van der Waals surface area contributed by atoms with Gasteiger partial charge in [0, 0.05) is 12.6 Å².